The first-order chi connectivity index (χ1) is 8.58. The summed E-state index contributed by atoms with van der Waals surface area (Å²) in [6, 6.07) is 11.0. The molecule has 4 heteroatoms. The first kappa shape index (κ1) is 15.9. The molecular weight excluding hydrogens is 326 g/mol. The lowest BCUT2D eigenvalue weighted by molar-refractivity contribution is -0.689. The van der Waals surface area contributed by atoms with Crippen LogP contribution in [-0.2, 0) is 6.54 Å². The number of nitrogens with zero attached hydrogens (tertiary/aromatic N) is 1. The smallest absolute Gasteiger partial charge is 0.227 e. The molecule has 0 N–H and O–H groups in total. The minimum atomic E-state index is 0. The molecule has 0 amide bonds. The van der Waals surface area contributed by atoms with Crippen molar-refractivity contribution < 1.29 is 26.3 Å². The number of aryl methyl sites for hydroxylation is 1. The van der Waals surface area contributed by atoms with Crippen LogP contribution in [0.2, 0.25) is 5.02 Å². The van der Waals surface area contributed by atoms with E-state index in [9.17, 15) is 4.79 Å². The van der Waals surface area contributed by atoms with E-state index in [1.165, 1.54) is 5.56 Å². The van der Waals surface area contributed by atoms with Crippen LogP contribution in [0.1, 0.15) is 21.6 Å². The van der Waals surface area contributed by atoms with Gasteiger partial charge in [0.1, 0.15) is 0 Å². The molecule has 1 aromatic heterocycles. The van der Waals surface area contributed by atoms with Gasteiger partial charge in [0.25, 0.3) is 0 Å². The van der Waals surface area contributed by atoms with Crippen LogP contribution < -0.4 is 21.5 Å². The average Bonchev–Trinajstić information content (AvgIpc) is 2.36. The number of rotatable bonds is 3. The molecule has 0 aliphatic carbocycles. The Morgan fingerprint density at radius 3 is 2.42 bits per heavy atom. The van der Waals surface area contributed by atoms with E-state index in [0.717, 1.165) is 5.69 Å². The first-order valence-corrected chi connectivity index (χ1v) is 6.20. The molecule has 100 valence electrons. The monoisotopic (exact) mass is 339 g/mol. The Kier molecular flexibility index (Phi) is 5.70. The zero-order valence-corrected chi connectivity index (χ0v) is 13.2. The molecule has 0 saturated heterocycles. The maximum Gasteiger partial charge on any atom is 0.227 e. The van der Waals surface area contributed by atoms with Crippen molar-refractivity contribution in [2.75, 3.05) is 0 Å². The van der Waals surface area contributed by atoms with E-state index in [2.05, 4.69) is 0 Å². The number of ketones is 1. The van der Waals surface area contributed by atoms with Gasteiger partial charge < -0.3 is 17.0 Å². The minimum Gasteiger partial charge on any atom is -1.00 e. The van der Waals surface area contributed by atoms with Crippen molar-refractivity contribution in [1.82, 2.24) is 0 Å². The molecule has 2 aromatic rings. The predicted molar refractivity (Wildman–Crippen MR) is 71.9 cm³/mol. The van der Waals surface area contributed by atoms with Crippen molar-refractivity contribution in [1.29, 1.82) is 0 Å². The number of halogens is 2. The van der Waals surface area contributed by atoms with Crippen molar-refractivity contribution in [3.05, 3.63) is 64.4 Å². The predicted octanol–water partition coefficient (Wildman–Crippen LogP) is 0.131. The van der Waals surface area contributed by atoms with Crippen LogP contribution in [-0.4, -0.2) is 5.78 Å². The SMILES string of the molecule is Cc1ccc[n+](CC(=O)c2ccc(Cl)cc2)c1C.[Br-]. The van der Waals surface area contributed by atoms with Gasteiger partial charge >= 0.3 is 0 Å². The molecule has 1 aromatic carbocycles. The number of benzene rings is 1. The fourth-order valence-corrected chi connectivity index (χ4v) is 1.93. The number of hydrogen-bond acceptors (Lipinski definition) is 1. The molecule has 19 heavy (non-hydrogen) atoms. The van der Waals surface area contributed by atoms with Crippen molar-refractivity contribution in [3.8, 4) is 0 Å². The number of pyridine rings is 1. The topological polar surface area (TPSA) is 20.9 Å². The summed E-state index contributed by atoms with van der Waals surface area (Å²) in [7, 11) is 0. The molecule has 0 unspecified atom stereocenters. The number of carbonyl (C=O) groups is 1. The van der Waals surface area contributed by atoms with E-state index < -0.39 is 0 Å². The van der Waals surface area contributed by atoms with Crippen LogP contribution in [0.4, 0.5) is 0 Å². The zero-order valence-electron chi connectivity index (χ0n) is 10.9. The molecule has 0 atom stereocenters. The van der Waals surface area contributed by atoms with Crippen LogP contribution in [0.15, 0.2) is 42.6 Å². The Bertz CT molecular complexity index is 581. The van der Waals surface area contributed by atoms with Gasteiger partial charge in [0, 0.05) is 29.1 Å². The van der Waals surface area contributed by atoms with Gasteiger partial charge in [-0.3, -0.25) is 4.79 Å². The maximum absolute atomic E-state index is 12.1. The number of carbonyl (C=O) groups excluding carboxylic acids is 1. The van der Waals surface area contributed by atoms with Gasteiger partial charge in [-0.25, -0.2) is 0 Å². The van der Waals surface area contributed by atoms with E-state index in [-0.39, 0.29) is 22.8 Å². The molecule has 0 saturated carbocycles. The molecule has 0 aliphatic heterocycles. The van der Waals surface area contributed by atoms with Crippen LogP contribution in [0.5, 0.6) is 0 Å². The van der Waals surface area contributed by atoms with Gasteiger partial charge in [-0.15, -0.1) is 0 Å². The minimum absolute atomic E-state index is 0. The van der Waals surface area contributed by atoms with Crippen molar-refractivity contribution in [2.45, 2.75) is 20.4 Å². The first-order valence-electron chi connectivity index (χ1n) is 5.82. The Labute approximate surface area is 128 Å². The van der Waals surface area contributed by atoms with Crippen molar-refractivity contribution >= 4 is 17.4 Å². The molecule has 0 aliphatic rings. The number of Topliss-reactive ketones (excluding diaryl/α,β-unsaturated/α-hetero) is 1. The summed E-state index contributed by atoms with van der Waals surface area (Å²) >= 11 is 5.81. The van der Waals surface area contributed by atoms with Gasteiger partial charge in [-0.2, -0.15) is 4.57 Å². The van der Waals surface area contributed by atoms with Crippen LogP contribution in [0, 0.1) is 13.8 Å². The fourth-order valence-electron chi connectivity index (χ4n) is 1.80. The third-order valence-corrected chi connectivity index (χ3v) is 3.35. The Morgan fingerprint density at radius 2 is 1.79 bits per heavy atom. The highest BCUT2D eigenvalue weighted by Gasteiger charge is 2.15. The Balaban J connectivity index is 0.00000180. The van der Waals surface area contributed by atoms with E-state index in [0.29, 0.717) is 17.1 Å². The van der Waals surface area contributed by atoms with E-state index in [1.54, 1.807) is 24.3 Å². The molecule has 0 bridgehead atoms. The third-order valence-electron chi connectivity index (χ3n) is 3.09. The Morgan fingerprint density at radius 1 is 1.16 bits per heavy atom. The van der Waals surface area contributed by atoms with Gasteiger partial charge in [-0.05, 0) is 37.3 Å². The molecule has 0 radical (unpaired) electrons. The van der Waals surface area contributed by atoms with Gasteiger partial charge in [0.05, 0.1) is 0 Å². The lowest BCUT2D eigenvalue weighted by Crippen LogP contribution is -3.00. The highest BCUT2D eigenvalue weighted by atomic mass is 79.9. The van der Waals surface area contributed by atoms with Crippen molar-refractivity contribution in [2.24, 2.45) is 0 Å². The quantitative estimate of drug-likeness (QED) is 0.575. The second kappa shape index (κ2) is 6.83. The largest absolute Gasteiger partial charge is 1.00 e. The second-order valence-corrected chi connectivity index (χ2v) is 4.77. The van der Waals surface area contributed by atoms with Gasteiger partial charge in [0.15, 0.2) is 11.9 Å². The molecule has 1 heterocycles. The van der Waals surface area contributed by atoms with E-state index in [1.807, 2.05) is 36.7 Å². The fraction of sp³-hybridized carbons (Fsp3) is 0.200. The highest BCUT2D eigenvalue weighted by molar-refractivity contribution is 6.30. The molecule has 2 nitrogen and oxygen atoms in total. The molecule has 2 rings (SSSR count). The zero-order chi connectivity index (χ0) is 13.1. The third kappa shape index (κ3) is 3.88. The molecule has 0 fully saturated rings. The van der Waals surface area contributed by atoms with Crippen LogP contribution in [0.25, 0.3) is 0 Å². The lowest BCUT2D eigenvalue weighted by atomic mass is 10.1. The summed E-state index contributed by atoms with van der Waals surface area (Å²) in [6.07, 6.45) is 1.93. The van der Waals surface area contributed by atoms with E-state index in [4.69, 9.17) is 11.6 Å². The normalized spacial score (nSPS) is 9.84. The Hall–Kier alpha value is -1.19. The summed E-state index contributed by atoms with van der Waals surface area (Å²) < 4.78 is 1.96. The van der Waals surface area contributed by atoms with Crippen LogP contribution >= 0.6 is 11.6 Å². The lowest BCUT2D eigenvalue weighted by Gasteiger charge is -2.02. The summed E-state index contributed by atoms with van der Waals surface area (Å²) in [5.41, 5.74) is 2.98. The second-order valence-electron chi connectivity index (χ2n) is 4.33. The average molecular weight is 341 g/mol. The molecular formula is C15H15BrClNO. The summed E-state index contributed by atoms with van der Waals surface area (Å²) in [5.74, 6) is 0.0883. The van der Waals surface area contributed by atoms with Gasteiger partial charge in [-0.1, -0.05) is 11.6 Å². The maximum atomic E-state index is 12.1. The number of hydrogen-bond donors (Lipinski definition) is 0. The summed E-state index contributed by atoms with van der Waals surface area (Å²) in [6.45, 7) is 4.41. The summed E-state index contributed by atoms with van der Waals surface area (Å²) in [4.78, 5) is 12.1. The molecule has 0 spiro atoms. The standard InChI is InChI=1S/C15H15ClNO.BrH/c1-11-4-3-9-17(12(11)2)10-15(18)13-5-7-14(16)8-6-13;/h3-9H,10H2,1-2H3;1H/q+1;/p-1. The van der Waals surface area contributed by atoms with E-state index >= 15 is 0 Å². The van der Waals surface area contributed by atoms with Crippen molar-refractivity contribution in [3.63, 3.8) is 0 Å². The highest BCUT2D eigenvalue weighted by Crippen LogP contribution is 2.10. The number of aromatic nitrogens is 1. The van der Waals surface area contributed by atoms with Gasteiger partial charge in [0.2, 0.25) is 12.3 Å². The van der Waals surface area contributed by atoms with Crippen LogP contribution in [0.3, 0.4) is 0 Å². The summed E-state index contributed by atoms with van der Waals surface area (Å²) in [5, 5.41) is 0.644.